The van der Waals surface area contributed by atoms with Crippen molar-refractivity contribution in [3.05, 3.63) is 34.6 Å². The van der Waals surface area contributed by atoms with Crippen LogP contribution in [0.15, 0.2) is 34.2 Å². The Hall–Kier alpha value is -2.15. The van der Waals surface area contributed by atoms with E-state index in [2.05, 4.69) is 24.0 Å². The van der Waals surface area contributed by atoms with Gasteiger partial charge < -0.3 is 0 Å². The molecule has 0 aliphatic heterocycles. The van der Waals surface area contributed by atoms with E-state index < -0.39 is 5.41 Å². The zero-order chi connectivity index (χ0) is 19.8. The van der Waals surface area contributed by atoms with Gasteiger partial charge in [-0.1, -0.05) is 58.5 Å². The Morgan fingerprint density at radius 1 is 1.19 bits per heavy atom. The highest BCUT2D eigenvalue weighted by Gasteiger charge is 2.23. The van der Waals surface area contributed by atoms with Crippen molar-refractivity contribution in [1.82, 2.24) is 19.2 Å². The fourth-order valence-electron chi connectivity index (χ4n) is 2.76. The number of Topliss-reactive ketones (excluding diaryl/α,β-unsaturated/α-hetero) is 1. The van der Waals surface area contributed by atoms with Crippen molar-refractivity contribution in [1.29, 1.82) is 0 Å². The van der Waals surface area contributed by atoms with Gasteiger partial charge in [-0.15, -0.1) is 10.2 Å². The molecule has 2 heterocycles. The third-order valence-electron chi connectivity index (χ3n) is 4.58. The highest BCUT2D eigenvalue weighted by Crippen LogP contribution is 2.25. The number of benzene rings is 1. The lowest BCUT2D eigenvalue weighted by Crippen LogP contribution is -2.24. The zero-order valence-electron chi connectivity index (χ0n) is 16.5. The second kappa shape index (κ2) is 7.46. The number of aromatic nitrogens is 4. The number of aryl methyl sites for hydroxylation is 1. The number of para-hydroxylation sites is 1. The minimum absolute atomic E-state index is 0.0477. The van der Waals surface area contributed by atoms with Gasteiger partial charge in [-0.3, -0.25) is 18.6 Å². The lowest BCUT2D eigenvalue weighted by molar-refractivity contribution is -0.123. The van der Waals surface area contributed by atoms with Gasteiger partial charge in [-0.05, 0) is 24.5 Å². The van der Waals surface area contributed by atoms with Crippen LogP contribution in [0.4, 0.5) is 0 Å². The van der Waals surface area contributed by atoms with E-state index in [1.165, 1.54) is 11.8 Å². The Labute approximate surface area is 163 Å². The van der Waals surface area contributed by atoms with Gasteiger partial charge in [0.05, 0.1) is 16.7 Å². The van der Waals surface area contributed by atoms with Gasteiger partial charge in [0.25, 0.3) is 5.56 Å². The van der Waals surface area contributed by atoms with Crippen LogP contribution in [0.1, 0.15) is 41.0 Å². The average Bonchev–Trinajstić information content (AvgIpc) is 3.02. The highest BCUT2D eigenvalue weighted by molar-refractivity contribution is 7.99. The van der Waals surface area contributed by atoms with Gasteiger partial charge in [0, 0.05) is 12.0 Å². The maximum atomic E-state index is 13.0. The SMILES string of the molecule is CC(C)CCn1c(=O)c2ccccc2n2c(SCC(=O)C(C)(C)C)nnc12. The van der Waals surface area contributed by atoms with Crippen molar-refractivity contribution in [3.63, 3.8) is 0 Å². The molecule has 0 saturated heterocycles. The smallest absolute Gasteiger partial charge is 0.262 e. The number of rotatable bonds is 6. The van der Waals surface area contributed by atoms with Crippen molar-refractivity contribution < 1.29 is 4.79 Å². The van der Waals surface area contributed by atoms with E-state index in [0.717, 1.165) is 11.9 Å². The maximum Gasteiger partial charge on any atom is 0.262 e. The van der Waals surface area contributed by atoms with Gasteiger partial charge in [-0.2, -0.15) is 0 Å². The molecule has 0 spiro atoms. The van der Waals surface area contributed by atoms with Gasteiger partial charge in [-0.25, -0.2) is 0 Å². The Morgan fingerprint density at radius 3 is 2.56 bits per heavy atom. The summed E-state index contributed by atoms with van der Waals surface area (Å²) in [5, 5.41) is 9.86. The summed E-state index contributed by atoms with van der Waals surface area (Å²) in [4.78, 5) is 25.3. The minimum Gasteiger partial charge on any atom is -0.298 e. The monoisotopic (exact) mass is 386 g/mol. The van der Waals surface area contributed by atoms with Crippen LogP contribution in [-0.2, 0) is 11.3 Å². The zero-order valence-corrected chi connectivity index (χ0v) is 17.3. The molecule has 2 aromatic heterocycles. The second-order valence-electron chi connectivity index (χ2n) is 8.24. The molecule has 6 nitrogen and oxygen atoms in total. The second-order valence-corrected chi connectivity index (χ2v) is 9.18. The van der Waals surface area contributed by atoms with Crippen LogP contribution in [0.3, 0.4) is 0 Å². The van der Waals surface area contributed by atoms with Crippen molar-refractivity contribution in [3.8, 4) is 0 Å². The van der Waals surface area contributed by atoms with Crippen molar-refractivity contribution in [2.24, 2.45) is 11.3 Å². The molecule has 0 saturated carbocycles. The predicted octanol–water partition coefficient (Wildman–Crippen LogP) is 3.80. The minimum atomic E-state index is -0.394. The number of carbonyl (C=O) groups excluding carboxylic acids is 1. The summed E-state index contributed by atoms with van der Waals surface area (Å²) in [6.45, 7) is 10.6. The Bertz CT molecular complexity index is 1040. The molecule has 0 radical (unpaired) electrons. The summed E-state index contributed by atoms with van der Waals surface area (Å²) in [5.74, 6) is 1.49. The van der Waals surface area contributed by atoms with E-state index in [-0.39, 0.29) is 11.3 Å². The first kappa shape index (κ1) is 19.6. The molecular formula is C20H26N4O2S. The molecule has 0 atom stereocenters. The average molecular weight is 387 g/mol. The van der Waals surface area contributed by atoms with E-state index in [1.807, 2.05) is 49.4 Å². The Balaban J connectivity index is 2.12. The van der Waals surface area contributed by atoms with E-state index in [4.69, 9.17) is 0 Å². The summed E-state index contributed by atoms with van der Waals surface area (Å²) >= 11 is 1.37. The number of carbonyl (C=O) groups is 1. The summed E-state index contributed by atoms with van der Waals surface area (Å²) in [6.07, 6.45) is 0.881. The van der Waals surface area contributed by atoms with E-state index in [9.17, 15) is 9.59 Å². The van der Waals surface area contributed by atoms with Gasteiger partial charge in [0.1, 0.15) is 5.78 Å². The molecule has 0 amide bonds. The summed E-state index contributed by atoms with van der Waals surface area (Å²) in [7, 11) is 0. The summed E-state index contributed by atoms with van der Waals surface area (Å²) in [6, 6.07) is 7.49. The number of fused-ring (bicyclic) bond motifs is 3. The molecule has 7 heteroatoms. The third-order valence-corrected chi connectivity index (χ3v) is 5.51. The number of ketones is 1. The fourth-order valence-corrected chi connectivity index (χ4v) is 3.86. The lowest BCUT2D eigenvalue weighted by atomic mass is 9.92. The summed E-state index contributed by atoms with van der Waals surface area (Å²) in [5.41, 5.74) is 0.331. The molecule has 27 heavy (non-hydrogen) atoms. The number of thioether (sulfide) groups is 1. The topological polar surface area (TPSA) is 69.3 Å². The van der Waals surface area contributed by atoms with Crippen molar-refractivity contribution in [2.75, 3.05) is 5.75 Å². The molecule has 3 rings (SSSR count). The first-order valence-corrected chi connectivity index (χ1v) is 10.2. The molecule has 144 valence electrons. The van der Waals surface area contributed by atoms with Crippen LogP contribution in [-0.4, -0.2) is 30.7 Å². The number of hydrogen-bond acceptors (Lipinski definition) is 5. The number of nitrogens with zero attached hydrogens (tertiary/aromatic N) is 4. The standard InChI is InChI=1S/C20H26N4O2S/c1-13(2)10-11-23-17(26)14-8-6-7-9-15(14)24-18(23)21-22-19(24)27-12-16(25)20(3,4)5/h6-9,13H,10-12H2,1-5H3. The van der Waals surface area contributed by atoms with Crippen LogP contribution in [0, 0.1) is 11.3 Å². The van der Waals surface area contributed by atoms with Crippen molar-refractivity contribution in [2.45, 2.75) is 52.7 Å². The first-order valence-electron chi connectivity index (χ1n) is 9.23. The molecule has 0 N–H and O–H groups in total. The van der Waals surface area contributed by atoms with Crippen LogP contribution >= 0.6 is 11.8 Å². The molecule has 1 aromatic carbocycles. The quantitative estimate of drug-likeness (QED) is 0.603. The predicted molar refractivity (Wildman–Crippen MR) is 109 cm³/mol. The van der Waals surface area contributed by atoms with E-state index in [0.29, 0.717) is 34.5 Å². The molecule has 0 fully saturated rings. The molecule has 0 aliphatic carbocycles. The highest BCUT2D eigenvalue weighted by atomic mass is 32.2. The molecule has 3 aromatic rings. The fraction of sp³-hybridized carbons (Fsp3) is 0.500. The normalized spacial score (nSPS) is 12.4. The van der Waals surface area contributed by atoms with Gasteiger partial charge in [0.15, 0.2) is 5.16 Å². The molecule has 0 unspecified atom stereocenters. The molecule has 0 aliphatic rings. The Morgan fingerprint density at radius 2 is 1.89 bits per heavy atom. The van der Waals surface area contributed by atoms with Gasteiger partial charge in [0.2, 0.25) is 5.78 Å². The van der Waals surface area contributed by atoms with E-state index in [1.54, 1.807) is 4.57 Å². The largest absolute Gasteiger partial charge is 0.298 e. The van der Waals surface area contributed by atoms with Crippen LogP contribution in [0.5, 0.6) is 0 Å². The molecule has 0 bridgehead atoms. The Kier molecular flexibility index (Phi) is 5.42. The van der Waals surface area contributed by atoms with Crippen LogP contribution < -0.4 is 5.56 Å². The van der Waals surface area contributed by atoms with Crippen LogP contribution in [0.25, 0.3) is 16.7 Å². The van der Waals surface area contributed by atoms with Gasteiger partial charge >= 0.3 is 0 Å². The first-order chi connectivity index (χ1) is 12.7. The van der Waals surface area contributed by atoms with Crippen molar-refractivity contribution >= 4 is 34.2 Å². The van der Waals surface area contributed by atoms with Crippen LogP contribution in [0.2, 0.25) is 0 Å². The number of hydrogen-bond donors (Lipinski definition) is 0. The lowest BCUT2D eigenvalue weighted by Gasteiger charge is -2.16. The van der Waals surface area contributed by atoms with E-state index >= 15 is 0 Å². The maximum absolute atomic E-state index is 13.0. The third kappa shape index (κ3) is 3.93. The molecular weight excluding hydrogens is 360 g/mol. The summed E-state index contributed by atoms with van der Waals surface area (Å²) < 4.78 is 3.60.